The quantitative estimate of drug-likeness (QED) is 0.788. The Morgan fingerprint density at radius 3 is 2.83 bits per heavy atom. The van der Waals surface area contributed by atoms with Crippen molar-refractivity contribution in [3.05, 3.63) is 70.6 Å². The molecule has 0 aliphatic carbocycles. The van der Waals surface area contributed by atoms with Crippen molar-refractivity contribution in [3.63, 3.8) is 0 Å². The second kappa shape index (κ2) is 6.73. The van der Waals surface area contributed by atoms with Gasteiger partial charge in [0.25, 0.3) is 0 Å². The summed E-state index contributed by atoms with van der Waals surface area (Å²) in [4.78, 5) is 12.2. The lowest BCUT2D eigenvalue weighted by atomic mass is 10.2. The largest absolute Gasteiger partial charge is 0.350 e. The summed E-state index contributed by atoms with van der Waals surface area (Å²) in [6, 6.07) is 13.9. The number of halogens is 2. The molecule has 24 heavy (non-hydrogen) atoms. The maximum Gasteiger partial charge on any atom is 0.240 e. The molecule has 0 unspecified atom stereocenters. The minimum Gasteiger partial charge on any atom is -0.350 e. The van der Waals surface area contributed by atoms with Gasteiger partial charge in [-0.1, -0.05) is 35.9 Å². The number of carbonyl (C=O) groups excluding carboxylic acids is 1. The Morgan fingerprint density at radius 1 is 1.29 bits per heavy atom. The molecule has 2 aromatic carbocycles. The van der Waals surface area contributed by atoms with Crippen LogP contribution in [0.1, 0.15) is 11.1 Å². The van der Waals surface area contributed by atoms with E-state index in [-0.39, 0.29) is 24.0 Å². The van der Waals surface area contributed by atoms with Crippen molar-refractivity contribution < 1.29 is 9.18 Å². The molecule has 0 aliphatic heterocycles. The summed E-state index contributed by atoms with van der Waals surface area (Å²) in [6.07, 6.45) is 1.67. The van der Waals surface area contributed by atoms with Gasteiger partial charge in [0.2, 0.25) is 5.91 Å². The molecule has 0 radical (unpaired) electrons. The van der Waals surface area contributed by atoms with E-state index in [1.807, 2.05) is 24.3 Å². The van der Waals surface area contributed by atoms with Crippen LogP contribution in [0.4, 0.5) is 4.39 Å². The first-order valence-corrected chi connectivity index (χ1v) is 7.65. The second-order valence-corrected chi connectivity index (χ2v) is 5.73. The number of para-hydroxylation sites is 1. The first kappa shape index (κ1) is 16.0. The van der Waals surface area contributed by atoms with Crippen molar-refractivity contribution in [1.82, 2.24) is 9.88 Å². The van der Waals surface area contributed by atoms with E-state index in [1.165, 1.54) is 12.1 Å². The lowest BCUT2D eigenvalue weighted by Gasteiger charge is -2.08. The molecule has 6 heteroatoms. The maximum absolute atomic E-state index is 13.1. The fourth-order valence-corrected chi connectivity index (χ4v) is 2.73. The van der Waals surface area contributed by atoms with Crippen LogP contribution in [0.2, 0.25) is 5.02 Å². The summed E-state index contributed by atoms with van der Waals surface area (Å²) in [7, 11) is 0. The average Bonchev–Trinajstić information content (AvgIpc) is 2.94. The normalized spacial score (nSPS) is 10.5. The summed E-state index contributed by atoms with van der Waals surface area (Å²) in [5.41, 5.74) is 2.07. The molecule has 3 rings (SSSR count). The molecular weight excluding hydrogens is 329 g/mol. The molecule has 0 spiro atoms. The molecule has 4 nitrogen and oxygen atoms in total. The predicted octanol–water partition coefficient (Wildman–Crippen LogP) is 3.62. The minimum absolute atomic E-state index is 0.0248. The third kappa shape index (κ3) is 3.24. The number of nitriles is 1. The van der Waals surface area contributed by atoms with Gasteiger partial charge in [0, 0.05) is 23.6 Å². The van der Waals surface area contributed by atoms with E-state index in [9.17, 15) is 14.4 Å². The van der Waals surface area contributed by atoms with E-state index in [0.717, 1.165) is 10.9 Å². The van der Waals surface area contributed by atoms with Gasteiger partial charge in [-0.15, -0.1) is 0 Å². The van der Waals surface area contributed by atoms with Crippen LogP contribution in [0.5, 0.6) is 0 Å². The van der Waals surface area contributed by atoms with E-state index in [2.05, 4.69) is 11.4 Å². The van der Waals surface area contributed by atoms with Crippen molar-refractivity contribution >= 4 is 28.4 Å². The Hall–Kier alpha value is -2.84. The van der Waals surface area contributed by atoms with Gasteiger partial charge in [0.1, 0.15) is 18.4 Å². The SMILES string of the molecule is N#Cc1cn(CC(=O)NCc2ccc(F)c(Cl)c2)c2ccccc12. The number of benzene rings is 2. The minimum atomic E-state index is -0.491. The second-order valence-electron chi connectivity index (χ2n) is 5.32. The summed E-state index contributed by atoms with van der Waals surface area (Å²) < 4.78 is 14.9. The first-order valence-electron chi connectivity index (χ1n) is 7.27. The molecule has 3 aromatic rings. The van der Waals surface area contributed by atoms with Crippen molar-refractivity contribution in [2.45, 2.75) is 13.1 Å². The molecule has 1 N–H and O–H groups in total. The maximum atomic E-state index is 13.1. The summed E-state index contributed by atoms with van der Waals surface area (Å²) in [6.45, 7) is 0.347. The molecule has 0 fully saturated rings. The predicted molar refractivity (Wildman–Crippen MR) is 89.9 cm³/mol. The lowest BCUT2D eigenvalue weighted by Crippen LogP contribution is -2.26. The summed E-state index contributed by atoms with van der Waals surface area (Å²) in [5, 5.41) is 12.8. The van der Waals surface area contributed by atoms with E-state index in [1.54, 1.807) is 16.8 Å². The van der Waals surface area contributed by atoms with Gasteiger partial charge in [0.15, 0.2) is 0 Å². The molecule has 0 atom stereocenters. The molecule has 0 saturated carbocycles. The monoisotopic (exact) mass is 341 g/mol. The fourth-order valence-electron chi connectivity index (χ4n) is 2.53. The van der Waals surface area contributed by atoms with Crippen LogP contribution in [-0.2, 0) is 17.9 Å². The molecule has 0 bridgehead atoms. The highest BCUT2D eigenvalue weighted by atomic mass is 35.5. The Kier molecular flexibility index (Phi) is 4.50. The van der Waals surface area contributed by atoms with Gasteiger partial charge in [-0.25, -0.2) is 4.39 Å². The van der Waals surface area contributed by atoms with Gasteiger partial charge in [-0.05, 0) is 23.8 Å². The molecule has 0 aliphatic rings. The number of nitrogens with zero attached hydrogens (tertiary/aromatic N) is 2. The highest BCUT2D eigenvalue weighted by Crippen LogP contribution is 2.20. The van der Waals surface area contributed by atoms with Crippen molar-refractivity contribution in [2.24, 2.45) is 0 Å². The zero-order chi connectivity index (χ0) is 17.1. The highest BCUT2D eigenvalue weighted by molar-refractivity contribution is 6.30. The van der Waals surface area contributed by atoms with Gasteiger partial charge in [-0.3, -0.25) is 4.79 Å². The Balaban J connectivity index is 1.71. The summed E-state index contributed by atoms with van der Waals surface area (Å²) in [5.74, 6) is -0.699. The topological polar surface area (TPSA) is 57.8 Å². The number of aromatic nitrogens is 1. The number of carbonyl (C=O) groups is 1. The highest BCUT2D eigenvalue weighted by Gasteiger charge is 2.10. The van der Waals surface area contributed by atoms with Crippen molar-refractivity contribution in [3.8, 4) is 6.07 Å². The van der Waals surface area contributed by atoms with Crippen LogP contribution in [0.3, 0.4) is 0 Å². The smallest absolute Gasteiger partial charge is 0.240 e. The van der Waals surface area contributed by atoms with Gasteiger partial charge in [-0.2, -0.15) is 5.26 Å². The van der Waals surface area contributed by atoms with Crippen molar-refractivity contribution in [1.29, 1.82) is 5.26 Å². The Labute approximate surface area is 143 Å². The van der Waals surface area contributed by atoms with Gasteiger partial charge in [0.05, 0.1) is 10.6 Å². The van der Waals surface area contributed by atoms with Gasteiger partial charge >= 0.3 is 0 Å². The van der Waals surface area contributed by atoms with E-state index in [4.69, 9.17) is 11.6 Å². The fraction of sp³-hybridized carbons (Fsp3) is 0.111. The Morgan fingerprint density at radius 2 is 2.08 bits per heavy atom. The molecule has 1 amide bonds. The van der Waals surface area contributed by atoms with Crippen LogP contribution < -0.4 is 5.32 Å². The first-order chi connectivity index (χ1) is 11.6. The van der Waals surface area contributed by atoms with Crippen LogP contribution in [0.15, 0.2) is 48.7 Å². The standard InChI is InChI=1S/C18H13ClFN3O/c19-15-7-12(5-6-16(15)20)9-22-18(24)11-23-10-13(8-21)14-3-1-2-4-17(14)23/h1-7,10H,9,11H2,(H,22,24). The van der Waals surface area contributed by atoms with Crippen LogP contribution in [0.25, 0.3) is 10.9 Å². The van der Waals surface area contributed by atoms with Crippen LogP contribution >= 0.6 is 11.6 Å². The summed E-state index contributed by atoms with van der Waals surface area (Å²) >= 11 is 5.72. The number of hydrogen-bond donors (Lipinski definition) is 1. The average molecular weight is 342 g/mol. The van der Waals surface area contributed by atoms with Crippen LogP contribution in [-0.4, -0.2) is 10.5 Å². The zero-order valence-electron chi connectivity index (χ0n) is 12.6. The molecule has 1 aromatic heterocycles. The third-order valence-corrected chi connectivity index (χ3v) is 3.99. The Bertz CT molecular complexity index is 959. The van der Waals surface area contributed by atoms with Crippen molar-refractivity contribution in [2.75, 3.05) is 0 Å². The van der Waals surface area contributed by atoms with E-state index >= 15 is 0 Å². The molecule has 0 saturated heterocycles. The lowest BCUT2D eigenvalue weighted by molar-refractivity contribution is -0.121. The number of nitrogens with one attached hydrogen (secondary N) is 1. The van der Waals surface area contributed by atoms with E-state index in [0.29, 0.717) is 11.1 Å². The molecule has 1 heterocycles. The number of amides is 1. The number of hydrogen-bond acceptors (Lipinski definition) is 2. The van der Waals surface area contributed by atoms with Gasteiger partial charge < -0.3 is 9.88 Å². The zero-order valence-corrected chi connectivity index (χ0v) is 13.3. The number of fused-ring (bicyclic) bond motifs is 1. The molecular formula is C18H13ClFN3O. The molecule has 120 valence electrons. The van der Waals surface area contributed by atoms with Crippen LogP contribution in [0, 0.1) is 17.1 Å². The number of rotatable bonds is 4. The van der Waals surface area contributed by atoms with E-state index < -0.39 is 5.82 Å². The third-order valence-electron chi connectivity index (χ3n) is 3.70.